The quantitative estimate of drug-likeness (QED) is 0.511. The van der Waals surface area contributed by atoms with E-state index in [-0.39, 0.29) is 0 Å². The number of hydrogen-bond acceptors (Lipinski definition) is 0. The highest BCUT2D eigenvalue weighted by molar-refractivity contribution is 5.39. The van der Waals surface area contributed by atoms with Crippen molar-refractivity contribution >= 4 is 0 Å². The molecule has 0 N–H and O–H groups in total. The Morgan fingerprint density at radius 2 is 2.05 bits per heavy atom. The molecule has 118 valence electrons. The lowest BCUT2D eigenvalue weighted by molar-refractivity contribution is 0.0553. The molecule has 0 aliphatic heterocycles. The fraction of sp³-hybridized carbons (Fsp3) is 0.636. The van der Waals surface area contributed by atoms with Crippen LogP contribution in [0.5, 0.6) is 0 Å². The van der Waals surface area contributed by atoms with Crippen molar-refractivity contribution in [3.05, 3.63) is 46.5 Å². The molecular formula is C22H30. The molecule has 0 saturated heterocycles. The number of aryl methyl sites for hydroxylation is 2. The zero-order valence-corrected chi connectivity index (χ0v) is 14.7. The third-order valence-electron chi connectivity index (χ3n) is 7.37. The predicted molar refractivity (Wildman–Crippen MR) is 94.1 cm³/mol. The van der Waals surface area contributed by atoms with Crippen LogP contribution in [0.25, 0.3) is 0 Å². The molecule has 1 aromatic carbocycles. The lowest BCUT2D eigenvalue weighted by Gasteiger charge is -2.50. The summed E-state index contributed by atoms with van der Waals surface area (Å²) in [4.78, 5) is 0. The van der Waals surface area contributed by atoms with Gasteiger partial charge in [0.1, 0.15) is 0 Å². The maximum absolute atomic E-state index is 2.58. The number of rotatable bonds is 0. The summed E-state index contributed by atoms with van der Waals surface area (Å²) in [5.74, 6) is 3.53. The highest BCUT2D eigenvalue weighted by Crippen LogP contribution is 2.64. The monoisotopic (exact) mass is 294 g/mol. The summed E-state index contributed by atoms with van der Waals surface area (Å²) in [6.45, 7) is 9.60. The fourth-order valence-corrected chi connectivity index (χ4v) is 6.54. The average Bonchev–Trinajstić information content (AvgIpc) is 2.77. The van der Waals surface area contributed by atoms with E-state index in [1.165, 1.54) is 37.7 Å². The maximum atomic E-state index is 2.58. The highest BCUT2D eigenvalue weighted by Gasteiger charge is 2.54. The maximum Gasteiger partial charge on any atom is -0.00824 e. The molecule has 0 bridgehead atoms. The van der Waals surface area contributed by atoms with Crippen molar-refractivity contribution in [2.45, 2.75) is 65.7 Å². The van der Waals surface area contributed by atoms with Crippen LogP contribution in [0.1, 0.15) is 69.1 Å². The molecule has 5 atom stereocenters. The van der Waals surface area contributed by atoms with Crippen LogP contribution >= 0.6 is 0 Å². The van der Waals surface area contributed by atoms with E-state index in [1.54, 1.807) is 16.7 Å². The first kappa shape index (κ1) is 14.5. The molecule has 0 radical (unpaired) electrons. The SMILES string of the molecule is C/C=C1\CC(C)C2C3CCc4cc(C)ccc4C3CCC12C. The van der Waals surface area contributed by atoms with E-state index in [4.69, 9.17) is 0 Å². The standard InChI is InChI=1S/C22H30/c1-5-17-13-15(3)21-20-9-7-16-12-14(2)6-8-18(16)19(20)10-11-22(17,21)4/h5-6,8,12,15,19-21H,7,9-11,13H2,1-4H3/b17-5+. The summed E-state index contributed by atoms with van der Waals surface area (Å²) in [6, 6.07) is 7.25. The Hall–Kier alpha value is -1.04. The van der Waals surface area contributed by atoms with Crippen LogP contribution in [0.15, 0.2) is 29.8 Å². The minimum atomic E-state index is 0.498. The number of fused-ring (bicyclic) bond motifs is 5. The lowest BCUT2D eigenvalue weighted by atomic mass is 9.54. The van der Waals surface area contributed by atoms with Crippen molar-refractivity contribution in [2.75, 3.05) is 0 Å². The third-order valence-corrected chi connectivity index (χ3v) is 7.37. The van der Waals surface area contributed by atoms with Gasteiger partial charge in [-0.3, -0.25) is 0 Å². The lowest BCUT2D eigenvalue weighted by Crippen LogP contribution is -2.42. The fourth-order valence-electron chi connectivity index (χ4n) is 6.54. The smallest absolute Gasteiger partial charge is 0.00824 e. The van der Waals surface area contributed by atoms with Crippen molar-refractivity contribution in [3.8, 4) is 0 Å². The van der Waals surface area contributed by atoms with Gasteiger partial charge in [0.15, 0.2) is 0 Å². The minimum Gasteiger partial charge on any atom is -0.0879 e. The van der Waals surface area contributed by atoms with Gasteiger partial charge in [0.05, 0.1) is 0 Å². The van der Waals surface area contributed by atoms with Crippen LogP contribution in [0.2, 0.25) is 0 Å². The summed E-state index contributed by atoms with van der Waals surface area (Å²) >= 11 is 0. The molecule has 3 aliphatic rings. The molecule has 0 nitrogen and oxygen atoms in total. The molecule has 4 rings (SSSR count). The Kier molecular flexibility index (Phi) is 3.29. The Bertz CT molecular complexity index is 623. The van der Waals surface area contributed by atoms with E-state index in [9.17, 15) is 0 Å². The Morgan fingerprint density at radius 1 is 1.23 bits per heavy atom. The van der Waals surface area contributed by atoms with Gasteiger partial charge >= 0.3 is 0 Å². The molecule has 2 fully saturated rings. The van der Waals surface area contributed by atoms with Crippen molar-refractivity contribution in [3.63, 3.8) is 0 Å². The molecule has 3 aliphatic carbocycles. The van der Waals surface area contributed by atoms with E-state index in [0.717, 1.165) is 23.7 Å². The van der Waals surface area contributed by atoms with E-state index in [1.807, 2.05) is 0 Å². The van der Waals surface area contributed by atoms with Crippen molar-refractivity contribution in [2.24, 2.45) is 23.2 Å². The predicted octanol–water partition coefficient (Wildman–Crippen LogP) is 6.04. The molecule has 1 aromatic rings. The molecule has 0 aromatic heterocycles. The van der Waals surface area contributed by atoms with Crippen LogP contribution in [0, 0.1) is 30.1 Å². The summed E-state index contributed by atoms with van der Waals surface area (Å²) in [6.07, 6.45) is 9.32. The molecular weight excluding hydrogens is 264 g/mol. The topological polar surface area (TPSA) is 0 Å². The summed E-state index contributed by atoms with van der Waals surface area (Å²) < 4.78 is 0. The Morgan fingerprint density at radius 3 is 2.82 bits per heavy atom. The molecule has 0 heteroatoms. The van der Waals surface area contributed by atoms with Gasteiger partial charge in [0.2, 0.25) is 0 Å². The largest absolute Gasteiger partial charge is 0.0879 e. The van der Waals surface area contributed by atoms with Crippen molar-refractivity contribution in [1.29, 1.82) is 0 Å². The van der Waals surface area contributed by atoms with Crippen molar-refractivity contribution < 1.29 is 0 Å². The van der Waals surface area contributed by atoms with Crippen LogP contribution in [-0.2, 0) is 6.42 Å². The Balaban J connectivity index is 1.75. The van der Waals surface area contributed by atoms with Gasteiger partial charge in [0.25, 0.3) is 0 Å². The number of hydrogen-bond donors (Lipinski definition) is 0. The molecule has 0 amide bonds. The van der Waals surface area contributed by atoms with E-state index >= 15 is 0 Å². The van der Waals surface area contributed by atoms with Crippen LogP contribution in [0.4, 0.5) is 0 Å². The van der Waals surface area contributed by atoms with Gasteiger partial charge in [-0.1, -0.05) is 49.3 Å². The first-order chi connectivity index (χ1) is 10.5. The second-order valence-corrected chi connectivity index (χ2v) is 8.49. The summed E-state index contributed by atoms with van der Waals surface area (Å²) in [5.41, 5.74) is 7.05. The van der Waals surface area contributed by atoms with Gasteiger partial charge in [-0.05, 0) is 86.2 Å². The number of allylic oxidation sites excluding steroid dienone is 2. The summed E-state index contributed by atoms with van der Waals surface area (Å²) in [7, 11) is 0. The highest BCUT2D eigenvalue weighted by atomic mass is 14.6. The first-order valence-electron chi connectivity index (χ1n) is 9.29. The zero-order chi connectivity index (χ0) is 15.5. The second kappa shape index (κ2) is 4.98. The summed E-state index contributed by atoms with van der Waals surface area (Å²) in [5, 5.41) is 0. The minimum absolute atomic E-state index is 0.498. The third kappa shape index (κ3) is 1.88. The van der Waals surface area contributed by atoms with E-state index in [0.29, 0.717) is 5.41 Å². The van der Waals surface area contributed by atoms with Gasteiger partial charge < -0.3 is 0 Å². The van der Waals surface area contributed by atoms with Gasteiger partial charge in [-0.25, -0.2) is 0 Å². The van der Waals surface area contributed by atoms with Gasteiger partial charge in [-0.2, -0.15) is 0 Å². The molecule has 22 heavy (non-hydrogen) atoms. The van der Waals surface area contributed by atoms with Gasteiger partial charge in [0, 0.05) is 0 Å². The molecule has 2 saturated carbocycles. The van der Waals surface area contributed by atoms with Gasteiger partial charge in [-0.15, -0.1) is 0 Å². The first-order valence-corrected chi connectivity index (χ1v) is 9.29. The molecule has 0 spiro atoms. The normalized spacial score (nSPS) is 41.9. The number of benzene rings is 1. The van der Waals surface area contributed by atoms with E-state index < -0.39 is 0 Å². The zero-order valence-electron chi connectivity index (χ0n) is 14.7. The van der Waals surface area contributed by atoms with Crippen LogP contribution in [0.3, 0.4) is 0 Å². The Labute approximate surface area is 136 Å². The molecule has 5 unspecified atom stereocenters. The van der Waals surface area contributed by atoms with Crippen LogP contribution in [-0.4, -0.2) is 0 Å². The van der Waals surface area contributed by atoms with Crippen LogP contribution < -0.4 is 0 Å². The van der Waals surface area contributed by atoms with Crippen molar-refractivity contribution in [1.82, 2.24) is 0 Å². The van der Waals surface area contributed by atoms with E-state index in [2.05, 4.69) is 52.0 Å². The average molecular weight is 294 g/mol. The second-order valence-electron chi connectivity index (χ2n) is 8.49. The molecule has 0 heterocycles.